The van der Waals surface area contributed by atoms with Crippen LogP contribution in [0.3, 0.4) is 0 Å². The van der Waals surface area contributed by atoms with Crippen molar-refractivity contribution in [3.05, 3.63) is 95.7 Å². The van der Waals surface area contributed by atoms with E-state index in [0.29, 0.717) is 17.2 Å². The van der Waals surface area contributed by atoms with Gasteiger partial charge >= 0.3 is 0 Å². The second-order valence-corrected chi connectivity index (χ2v) is 7.98. The fourth-order valence-corrected chi connectivity index (χ4v) is 4.25. The average molecular weight is 438 g/mol. The molecule has 4 aromatic rings. The molecular weight excluding hydrogens is 414 g/mol. The summed E-state index contributed by atoms with van der Waals surface area (Å²) in [7, 11) is 0. The molecule has 33 heavy (non-hydrogen) atoms. The minimum absolute atomic E-state index is 0.133. The highest BCUT2D eigenvalue weighted by atomic mass is 16.2. The summed E-state index contributed by atoms with van der Waals surface area (Å²) in [5.41, 5.74) is 5.44. The Bertz CT molecular complexity index is 1390. The van der Waals surface area contributed by atoms with Gasteiger partial charge in [0.15, 0.2) is 0 Å². The van der Waals surface area contributed by atoms with Gasteiger partial charge in [-0.3, -0.25) is 14.2 Å². The molecule has 0 saturated heterocycles. The van der Waals surface area contributed by atoms with Crippen molar-refractivity contribution in [3.8, 4) is 0 Å². The first kappa shape index (κ1) is 20.5. The lowest BCUT2D eigenvalue weighted by molar-refractivity contribution is -0.114. The van der Waals surface area contributed by atoms with Gasteiger partial charge in [-0.1, -0.05) is 42.5 Å². The minimum Gasteiger partial charge on any atom is -0.329 e. The number of carbonyl (C=O) groups excluding carboxylic acids is 2. The number of fused-ring (bicyclic) bond motifs is 3. The van der Waals surface area contributed by atoms with Crippen molar-refractivity contribution in [2.75, 3.05) is 16.0 Å². The van der Waals surface area contributed by atoms with Gasteiger partial charge in [-0.25, -0.2) is 4.98 Å². The first-order valence-corrected chi connectivity index (χ1v) is 10.7. The number of para-hydroxylation sites is 3. The van der Waals surface area contributed by atoms with Gasteiger partial charge in [-0.05, 0) is 48.9 Å². The predicted molar refractivity (Wildman–Crippen MR) is 130 cm³/mol. The fraction of sp³-hybridized carbons (Fsp3) is 0.115. The summed E-state index contributed by atoms with van der Waals surface area (Å²) in [5.74, 6) is 0.359. The van der Waals surface area contributed by atoms with E-state index in [1.807, 2.05) is 85.8 Å². The number of anilines is 3. The second kappa shape index (κ2) is 8.27. The van der Waals surface area contributed by atoms with E-state index in [1.54, 1.807) is 0 Å². The lowest BCUT2D eigenvalue weighted by Gasteiger charge is -2.31. The molecule has 1 unspecified atom stereocenters. The zero-order valence-electron chi connectivity index (χ0n) is 18.3. The summed E-state index contributed by atoms with van der Waals surface area (Å²) < 4.78 is 2.05. The first-order valence-electron chi connectivity index (χ1n) is 10.7. The highest BCUT2D eigenvalue weighted by molar-refractivity contribution is 6.06. The van der Waals surface area contributed by atoms with Crippen molar-refractivity contribution in [2.45, 2.75) is 19.9 Å². The summed E-state index contributed by atoms with van der Waals surface area (Å²) in [6, 6.07) is 24.4. The van der Waals surface area contributed by atoms with Gasteiger partial charge < -0.3 is 16.0 Å². The van der Waals surface area contributed by atoms with Gasteiger partial charge in [-0.2, -0.15) is 0 Å². The van der Waals surface area contributed by atoms with E-state index >= 15 is 0 Å². The standard InChI is InChI=1S/C26H23N5O2/c1-16-23(25(33)29-19-8-4-3-5-9-19)24(18-12-14-20(15-13-18)28-17(2)32)31-22-11-7-6-10-21(22)30-26(31)27-16/h3-15,24H,1-2H3,(H,27,30)(H,28,32)(H,29,33). The Kier molecular flexibility index (Phi) is 5.14. The number of nitrogens with one attached hydrogen (secondary N) is 3. The topological polar surface area (TPSA) is 88.1 Å². The SMILES string of the molecule is CC(=O)Nc1ccc(C2C(C(=O)Nc3ccccc3)=C(C)Nc3nc4ccccc4n32)cc1. The van der Waals surface area contributed by atoms with E-state index in [2.05, 4.69) is 20.5 Å². The van der Waals surface area contributed by atoms with Crippen LogP contribution in [-0.4, -0.2) is 21.4 Å². The number of carbonyl (C=O) groups is 2. The molecule has 1 aliphatic heterocycles. The molecule has 0 fully saturated rings. The van der Waals surface area contributed by atoms with Crippen LogP contribution < -0.4 is 16.0 Å². The van der Waals surface area contributed by atoms with E-state index in [4.69, 9.17) is 4.98 Å². The quantitative estimate of drug-likeness (QED) is 0.423. The van der Waals surface area contributed by atoms with E-state index in [1.165, 1.54) is 6.92 Å². The summed E-state index contributed by atoms with van der Waals surface area (Å²) in [5, 5.41) is 9.13. The Morgan fingerprint density at radius 3 is 2.27 bits per heavy atom. The fourth-order valence-electron chi connectivity index (χ4n) is 4.25. The summed E-state index contributed by atoms with van der Waals surface area (Å²) in [6.07, 6.45) is 0. The van der Waals surface area contributed by atoms with Crippen molar-refractivity contribution in [1.29, 1.82) is 0 Å². The molecule has 3 aromatic carbocycles. The van der Waals surface area contributed by atoms with Gasteiger partial charge in [0.2, 0.25) is 11.9 Å². The molecule has 5 rings (SSSR count). The summed E-state index contributed by atoms with van der Waals surface area (Å²) in [6.45, 7) is 3.37. The van der Waals surface area contributed by atoms with E-state index in [9.17, 15) is 9.59 Å². The maximum atomic E-state index is 13.5. The molecule has 0 radical (unpaired) electrons. The van der Waals surface area contributed by atoms with Gasteiger partial charge in [-0.15, -0.1) is 0 Å². The van der Waals surface area contributed by atoms with Crippen molar-refractivity contribution >= 4 is 40.2 Å². The largest absolute Gasteiger partial charge is 0.329 e. The molecule has 2 amide bonds. The van der Waals surface area contributed by atoms with Crippen LogP contribution >= 0.6 is 0 Å². The molecule has 7 heteroatoms. The van der Waals surface area contributed by atoms with Gasteiger partial charge in [0.05, 0.1) is 22.6 Å². The third-order valence-corrected chi connectivity index (χ3v) is 5.65. The number of aromatic nitrogens is 2. The maximum Gasteiger partial charge on any atom is 0.255 e. The lowest BCUT2D eigenvalue weighted by atomic mass is 9.94. The minimum atomic E-state index is -0.399. The van der Waals surface area contributed by atoms with Crippen molar-refractivity contribution in [1.82, 2.24) is 9.55 Å². The molecule has 1 aliphatic rings. The van der Waals surface area contributed by atoms with Crippen LogP contribution in [0.2, 0.25) is 0 Å². The number of allylic oxidation sites excluding steroid dienone is 1. The van der Waals surface area contributed by atoms with Crippen LogP contribution in [0.25, 0.3) is 11.0 Å². The number of amides is 2. The van der Waals surface area contributed by atoms with Gasteiger partial charge in [0, 0.05) is 24.0 Å². The molecule has 0 aliphatic carbocycles. The Hall–Kier alpha value is -4.39. The molecule has 0 spiro atoms. The number of rotatable bonds is 4. The number of nitrogens with zero attached hydrogens (tertiary/aromatic N) is 2. The number of imidazole rings is 1. The third-order valence-electron chi connectivity index (χ3n) is 5.65. The van der Waals surface area contributed by atoms with Crippen LogP contribution in [0.5, 0.6) is 0 Å². The Morgan fingerprint density at radius 2 is 1.55 bits per heavy atom. The highest BCUT2D eigenvalue weighted by Crippen LogP contribution is 2.39. The molecule has 2 heterocycles. The normalized spacial score (nSPS) is 15.0. The molecule has 7 nitrogen and oxygen atoms in total. The van der Waals surface area contributed by atoms with Gasteiger partial charge in [0.25, 0.3) is 5.91 Å². The molecule has 1 atom stereocenters. The number of hydrogen-bond acceptors (Lipinski definition) is 4. The molecular formula is C26H23N5O2. The third kappa shape index (κ3) is 3.85. The first-order chi connectivity index (χ1) is 16.0. The molecule has 1 aromatic heterocycles. The van der Waals surface area contributed by atoms with Crippen molar-refractivity contribution in [2.24, 2.45) is 0 Å². The van der Waals surface area contributed by atoms with Gasteiger partial charge in [0.1, 0.15) is 0 Å². The zero-order chi connectivity index (χ0) is 22.9. The monoisotopic (exact) mass is 437 g/mol. The number of benzene rings is 3. The van der Waals surface area contributed by atoms with Crippen LogP contribution in [0, 0.1) is 0 Å². The highest BCUT2D eigenvalue weighted by Gasteiger charge is 2.34. The van der Waals surface area contributed by atoms with Crippen LogP contribution in [0.4, 0.5) is 17.3 Å². The Morgan fingerprint density at radius 1 is 0.879 bits per heavy atom. The summed E-state index contributed by atoms with van der Waals surface area (Å²) >= 11 is 0. The number of hydrogen-bond donors (Lipinski definition) is 3. The molecule has 164 valence electrons. The Balaban J connectivity index is 1.63. The molecule has 0 bridgehead atoms. The van der Waals surface area contributed by atoms with E-state index < -0.39 is 6.04 Å². The van der Waals surface area contributed by atoms with Crippen LogP contribution in [0.1, 0.15) is 25.5 Å². The van der Waals surface area contributed by atoms with E-state index in [-0.39, 0.29) is 11.8 Å². The Labute approximate surface area is 191 Å². The van der Waals surface area contributed by atoms with E-state index in [0.717, 1.165) is 28.0 Å². The van der Waals surface area contributed by atoms with Crippen molar-refractivity contribution in [3.63, 3.8) is 0 Å². The molecule has 3 N–H and O–H groups in total. The zero-order valence-corrected chi connectivity index (χ0v) is 18.3. The maximum absolute atomic E-state index is 13.5. The molecule has 0 saturated carbocycles. The average Bonchev–Trinajstić information content (AvgIpc) is 3.17. The van der Waals surface area contributed by atoms with Crippen LogP contribution in [-0.2, 0) is 9.59 Å². The smallest absolute Gasteiger partial charge is 0.255 e. The van der Waals surface area contributed by atoms with Crippen LogP contribution in [0.15, 0.2) is 90.1 Å². The van der Waals surface area contributed by atoms with Crippen molar-refractivity contribution < 1.29 is 9.59 Å². The lowest BCUT2D eigenvalue weighted by Crippen LogP contribution is -2.30. The summed E-state index contributed by atoms with van der Waals surface area (Å²) in [4.78, 5) is 29.7. The predicted octanol–water partition coefficient (Wildman–Crippen LogP) is 4.92. The second-order valence-electron chi connectivity index (χ2n) is 7.98.